The zero-order chi connectivity index (χ0) is 53.6. The van der Waals surface area contributed by atoms with Gasteiger partial charge in [-0.2, -0.15) is 21.6 Å². The number of benzene rings is 2. The normalized spacial score (nSPS) is 16.4. The van der Waals surface area contributed by atoms with Crippen molar-refractivity contribution in [3.05, 3.63) is 48.0 Å². The van der Waals surface area contributed by atoms with Gasteiger partial charge in [0.2, 0.25) is 11.8 Å². The van der Waals surface area contributed by atoms with Crippen molar-refractivity contribution in [2.24, 2.45) is 5.41 Å². The summed E-state index contributed by atoms with van der Waals surface area (Å²) in [5.41, 5.74) is -9.21. The highest BCUT2D eigenvalue weighted by Gasteiger charge is 2.50. The minimum absolute atomic E-state index is 0.0219. The zero-order valence-electron chi connectivity index (χ0n) is 42.4. The van der Waals surface area contributed by atoms with Crippen LogP contribution in [-0.4, -0.2) is 130 Å². The first-order valence-electron chi connectivity index (χ1n) is 23.2. The number of hydrogen-bond donors (Lipinski definition) is 4. The van der Waals surface area contributed by atoms with Crippen molar-refractivity contribution in [3.63, 3.8) is 0 Å². The Hall–Kier alpha value is -5.10. The summed E-state index contributed by atoms with van der Waals surface area (Å²) in [7, 11) is -5.98. The van der Waals surface area contributed by atoms with Gasteiger partial charge in [0.25, 0.3) is 0 Å². The molecule has 400 valence electrons. The molecule has 3 unspecified atom stereocenters. The van der Waals surface area contributed by atoms with E-state index in [0.29, 0.717) is 5.56 Å². The SMILES string of the molecule is CC(C)(C)OC(=O)CCC(NC(=O)NC(CCCCNC(=O)C(Cc1ccc2ccccc2c1)NC(=O)COCC1(COS(=O)(=O)C(F)(F)F)COC(C)(C)OC1)C(=O)OC(C)(C)C)C(=O)OC(C)(C)C. The molecular weight excluding hydrogens is 962 g/mol. The van der Waals surface area contributed by atoms with Crippen molar-refractivity contribution >= 4 is 56.6 Å². The lowest BCUT2D eigenvalue weighted by Gasteiger charge is -2.42. The van der Waals surface area contributed by atoms with Crippen LogP contribution < -0.4 is 21.3 Å². The summed E-state index contributed by atoms with van der Waals surface area (Å²) in [6.07, 6.45) is 0.203. The smallest absolute Gasteiger partial charge is 0.460 e. The third kappa shape index (κ3) is 22.1. The van der Waals surface area contributed by atoms with Crippen LogP contribution in [0, 0.1) is 5.41 Å². The number of hydrogen-bond acceptors (Lipinski definition) is 15. The average molecular weight is 1030 g/mol. The van der Waals surface area contributed by atoms with E-state index in [1.54, 1.807) is 82.2 Å². The molecule has 0 saturated carbocycles. The summed E-state index contributed by atoms with van der Waals surface area (Å²) in [4.78, 5) is 79.5. The number of ether oxygens (including phenoxy) is 6. The Morgan fingerprint density at radius 1 is 0.704 bits per heavy atom. The summed E-state index contributed by atoms with van der Waals surface area (Å²) in [6, 6.07) is 8.45. The summed E-state index contributed by atoms with van der Waals surface area (Å²) in [6.45, 7) is 15.2. The minimum Gasteiger partial charge on any atom is -0.460 e. The van der Waals surface area contributed by atoms with Gasteiger partial charge in [-0.05, 0) is 118 Å². The van der Waals surface area contributed by atoms with Gasteiger partial charge in [-0.15, -0.1) is 0 Å². The van der Waals surface area contributed by atoms with E-state index < -0.39 is 117 Å². The number of carbonyl (C=O) groups excluding carboxylic acids is 6. The van der Waals surface area contributed by atoms with Gasteiger partial charge in [-0.25, -0.2) is 14.4 Å². The number of nitrogens with one attached hydrogen (secondary N) is 4. The number of alkyl halides is 3. The zero-order valence-corrected chi connectivity index (χ0v) is 43.2. The molecule has 1 heterocycles. The van der Waals surface area contributed by atoms with Crippen LogP contribution in [0.4, 0.5) is 18.0 Å². The first kappa shape index (κ1) is 60.2. The van der Waals surface area contributed by atoms with E-state index in [1.807, 2.05) is 36.4 Å². The highest BCUT2D eigenvalue weighted by Crippen LogP contribution is 2.33. The van der Waals surface area contributed by atoms with Crippen molar-refractivity contribution in [1.29, 1.82) is 0 Å². The quantitative estimate of drug-likeness (QED) is 0.0345. The van der Waals surface area contributed by atoms with Crippen LogP contribution in [0.1, 0.15) is 114 Å². The van der Waals surface area contributed by atoms with E-state index in [4.69, 9.17) is 28.4 Å². The fourth-order valence-corrected chi connectivity index (χ4v) is 7.23. The monoisotopic (exact) mass is 1030 g/mol. The molecule has 0 radical (unpaired) electrons. The van der Waals surface area contributed by atoms with E-state index in [2.05, 4.69) is 25.5 Å². The molecule has 3 atom stereocenters. The number of fused-ring (bicyclic) bond motifs is 1. The predicted molar refractivity (Wildman–Crippen MR) is 253 cm³/mol. The number of unbranched alkanes of at least 4 members (excludes halogenated alkanes) is 1. The Morgan fingerprint density at radius 2 is 1.25 bits per heavy atom. The summed E-state index contributed by atoms with van der Waals surface area (Å²) < 4.78 is 100. The highest BCUT2D eigenvalue weighted by atomic mass is 32.2. The number of amides is 4. The first-order valence-corrected chi connectivity index (χ1v) is 24.6. The number of urea groups is 1. The molecule has 1 fully saturated rings. The van der Waals surface area contributed by atoms with Gasteiger partial charge in [0, 0.05) is 19.4 Å². The average Bonchev–Trinajstić information content (AvgIpc) is 3.22. The molecule has 1 aliphatic heterocycles. The fourth-order valence-electron chi connectivity index (χ4n) is 6.69. The van der Waals surface area contributed by atoms with Gasteiger partial charge < -0.3 is 49.7 Å². The summed E-state index contributed by atoms with van der Waals surface area (Å²) in [5.74, 6) is -4.70. The topological polar surface area (TPSA) is 249 Å². The molecule has 0 spiro atoms. The summed E-state index contributed by atoms with van der Waals surface area (Å²) >= 11 is 0. The van der Waals surface area contributed by atoms with Gasteiger partial charge in [0.15, 0.2) is 5.79 Å². The van der Waals surface area contributed by atoms with Gasteiger partial charge in [0.1, 0.15) is 41.5 Å². The van der Waals surface area contributed by atoms with Gasteiger partial charge >= 0.3 is 39.6 Å². The molecular formula is C48H71F3N4O15S. The second-order valence-electron chi connectivity index (χ2n) is 20.8. The molecule has 71 heavy (non-hydrogen) atoms. The van der Waals surface area contributed by atoms with E-state index in [0.717, 1.165) is 10.8 Å². The third-order valence-electron chi connectivity index (χ3n) is 10.1. The number of carbonyl (C=O) groups is 6. The molecule has 2 aromatic carbocycles. The van der Waals surface area contributed by atoms with Gasteiger partial charge in [-0.1, -0.05) is 42.5 Å². The molecule has 1 aliphatic rings. The highest BCUT2D eigenvalue weighted by molar-refractivity contribution is 7.87. The molecule has 19 nitrogen and oxygen atoms in total. The Bertz CT molecular complexity index is 2260. The van der Waals surface area contributed by atoms with Crippen molar-refractivity contribution in [3.8, 4) is 0 Å². The first-order chi connectivity index (χ1) is 32.6. The largest absolute Gasteiger partial charge is 0.523 e. The Kier molecular flexibility index (Phi) is 21.2. The van der Waals surface area contributed by atoms with Crippen LogP contribution in [0.3, 0.4) is 0 Å². The molecule has 4 N–H and O–H groups in total. The minimum atomic E-state index is -5.98. The number of esters is 3. The van der Waals surface area contributed by atoms with Crippen LogP contribution in [0.5, 0.6) is 0 Å². The number of halogens is 3. The van der Waals surface area contributed by atoms with Crippen molar-refractivity contribution in [1.82, 2.24) is 21.3 Å². The molecule has 0 aliphatic carbocycles. The summed E-state index contributed by atoms with van der Waals surface area (Å²) in [5, 5.41) is 12.3. The standard InChI is InChI=1S/C48H71F3N4O15S/c1-43(2,3)68-38(57)22-21-35(41(60)70-45(7,8)9)55-42(61)54-34(40(59)69-44(4,5)6)18-14-15-23-52-39(58)36(25-31-19-20-32-16-12-13-17-33(32)24-31)53-37(56)26-64-27-47(28-65-46(10,11)66-29-47)30-67-71(62,63)48(49,50)51/h12-13,16-17,19-20,24,34-36H,14-15,18,21-23,25-30H2,1-11H3,(H,52,58)(H,53,56)(H2,54,55,61). The molecule has 1 saturated heterocycles. The number of rotatable bonds is 23. The molecule has 2 aromatic rings. The van der Waals surface area contributed by atoms with Crippen LogP contribution in [-0.2, 0) is 73.1 Å². The van der Waals surface area contributed by atoms with Crippen molar-refractivity contribution in [2.75, 3.05) is 39.6 Å². The Labute approximate surface area is 413 Å². The van der Waals surface area contributed by atoms with Crippen molar-refractivity contribution < 1.29 is 83.0 Å². The lowest BCUT2D eigenvalue weighted by Crippen LogP contribution is -2.53. The second kappa shape index (κ2) is 25.0. The lowest BCUT2D eigenvalue weighted by atomic mass is 9.91. The van der Waals surface area contributed by atoms with Crippen LogP contribution >= 0.6 is 0 Å². The Balaban J connectivity index is 1.70. The van der Waals surface area contributed by atoms with E-state index in [9.17, 15) is 50.4 Å². The van der Waals surface area contributed by atoms with Crippen LogP contribution in [0.25, 0.3) is 10.8 Å². The fraction of sp³-hybridized carbons (Fsp3) is 0.667. The predicted octanol–water partition coefficient (Wildman–Crippen LogP) is 5.65. The third-order valence-corrected chi connectivity index (χ3v) is 11.1. The maximum Gasteiger partial charge on any atom is 0.523 e. The van der Waals surface area contributed by atoms with E-state index in [-0.39, 0.29) is 58.3 Å². The van der Waals surface area contributed by atoms with E-state index in [1.165, 1.54) is 0 Å². The molecule has 23 heteroatoms. The Morgan fingerprint density at radius 3 is 1.80 bits per heavy atom. The molecule has 3 rings (SSSR count). The maximum atomic E-state index is 13.8. The van der Waals surface area contributed by atoms with E-state index >= 15 is 0 Å². The van der Waals surface area contributed by atoms with Gasteiger partial charge in [0.05, 0.1) is 31.8 Å². The lowest BCUT2D eigenvalue weighted by molar-refractivity contribution is -0.295. The maximum absolute atomic E-state index is 13.8. The van der Waals surface area contributed by atoms with Crippen molar-refractivity contribution in [2.45, 2.75) is 161 Å². The van der Waals surface area contributed by atoms with Crippen LogP contribution in [0.2, 0.25) is 0 Å². The second-order valence-corrected chi connectivity index (χ2v) is 22.4. The van der Waals surface area contributed by atoms with Gasteiger partial charge in [-0.3, -0.25) is 18.6 Å². The molecule has 0 bridgehead atoms. The van der Waals surface area contributed by atoms with Crippen LogP contribution in [0.15, 0.2) is 42.5 Å². The molecule has 4 amide bonds. The molecule has 0 aromatic heterocycles.